The van der Waals surface area contributed by atoms with Gasteiger partial charge in [0.15, 0.2) is 0 Å². The van der Waals surface area contributed by atoms with Crippen molar-refractivity contribution < 1.29 is 8.42 Å². The molecule has 7 heteroatoms. The molecule has 0 saturated heterocycles. The number of hydrogen-bond acceptors (Lipinski definition) is 4. The van der Waals surface area contributed by atoms with E-state index >= 15 is 0 Å². The van der Waals surface area contributed by atoms with Crippen molar-refractivity contribution in [2.45, 2.75) is 19.2 Å². The number of sulfonamides is 1. The van der Waals surface area contributed by atoms with Gasteiger partial charge in [0.25, 0.3) is 0 Å². The first-order chi connectivity index (χ1) is 8.94. The van der Waals surface area contributed by atoms with Crippen LogP contribution >= 0.6 is 0 Å². The Balaban J connectivity index is 1.97. The van der Waals surface area contributed by atoms with Crippen LogP contribution in [0, 0.1) is 6.92 Å². The lowest BCUT2D eigenvalue weighted by Gasteiger charge is -2.06. The SMILES string of the molecule is Cc1[nH]cnc1CNc1ccc(CS(N)(=O)=O)cc1. The van der Waals surface area contributed by atoms with E-state index in [1.165, 1.54) is 0 Å². The minimum absolute atomic E-state index is 0.147. The molecule has 6 nitrogen and oxygen atoms in total. The molecule has 1 heterocycles. The molecule has 4 N–H and O–H groups in total. The van der Waals surface area contributed by atoms with E-state index in [-0.39, 0.29) is 5.75 Å². The van der Waals surface area contributed by atoms with Gasteiger partial charge in [-0.1, -0.05) is 12.1 Å². The largest absolute Gasteiger partial charge is 0.379 e. The van der Waals surface area contributed by atoms with Gasteiger partial charge in [-0.2, -0.15) is 0 Å². The molecule has 0 aliphatic heterocycles. The summed E-state index contributed by atoms with van der Waals surface area (Å²) in [5, 5.41) is 8.20. The van der Waals surface area contributed by atoms with E-state index in [9.17, 15) is 8.42 Å². The van der Waals surface area contributed by atoms with E-state index in [2.05, 4.69) is 15.3 Å². The van der Waals surface area contributed by atoms with Crippen molar-refractivity contribution in [2.75, 3.05) is 5.32 Å². The van der Waals surface area contributed by atoms with Gasteiger partial charge in [-0.25, -0.2) is 18.5 Å². The maximum absolute atomic E-state index is 11.0. The normalized spacial score (nSPS) is 11.5. The molecule has 19 heavy (non-hydrogen) atoms. The highest BCUT2D eigenvalue weighted by Gasteiger charge is 2.05. The molecule has 0 atom stereocenters. The van der Waals surface area contributed by atoms with Gasteiger partial charge in [0.2, 0.25) is 10.0 Å². The number of nitrogens with two attached hydrogens (primary N) is 1. The van der Waals surface area contributed by atoms with Crippen LogP contribution in [-0.2, 0) is 22.3 Å². The first-order valence-electron chi connectivity index (χ1n) is 5.76. The Bertz CT molecular complexity index is 647. The lowest BCUT2D eigenvalue weighted by molar-refractivity contribution is 0.597. The number of hydrogen-bond donors (Lipinski definition) is 3. The molecule has 0 fully saturated rings. The molecule has 2 rings (SSSR count). The minimum atomic E-state index is -3.48. The van der Waals surface area contributed by atoms with Crippen LogP contribution in [0.25, 0.3) is 0 Å². The van der Waals surface area contributed by atoms with Crippen molar-refractivity contribution in [1.29, 1.82) is 0 Å². The van der Waals surface area contributed by atoms with Gasteiger partial charge in [0.05, 0.1) is 24.3 Å². The molecule has 0 aliphatic carbocycles. The lowest BCUT2D eigenvalue weighted by Crippen LogP contribution is -2.14. The third kappa shape index (κ3) is 4.08. The number of anilines is 1. The number of benzene rings is 1. The molecule has 2 aromatic rings. The summed E-state index contributed by atoms with van der Waals surface area (Å²) in [4.78, 5) is 7.19. The summed E-state index contributed by atoms with van der Waals surface area (Å²) in [7, 11) is -3.48. The number of imidazole rings is 1. The second kappa shape index (κ2) is 5.41. The molecule has 0 spiro atoms. The molecule has 0 unspecified atom stereocenters. The van der Waals surface area contributed by atoms with Crippen molar-refractivity contribution >= 4 is 15.7 Å². The summed E-state index contributed by atoms with van der Waals surface area (Å²) in [5.74, 6) is -0.147. The van der Waals surface area contributed by atoms with Crippen LogP contribution in [-0.4, -0.2) is 18.4 Å². The fraction of sp³-hybridized carbons (Fsp3) is 0.250. The summed E-state index contributed by atoms with van der Waals surface area (Å²) < 4.78 is 21.9. The number of rotatable bonds is 5. The van der Waals surface area contributed by atoms with Crippen LogP contribution in [0.15, 0.2) is 30.6 Å². The van der Waals surface area contributed by atoms with Gasteiger partial charge in [-0.3, -0.25) is 0 Å². The first-order valence-corrected chi connectivity index (χ1v) is 7.48. The summed E-state index contributed by atoms with van der Waals surface area (Å²) >= 11 is 0. The number of aryl methyl sites for hydroxylation is 1. The van der Waals surface area contributed by atoms with E-state index in [0.29, 0.717) is 12.1 Å². The van der Waals surface area contributed by atoms with Crippen molar-refractivity contribution in [3.8, 4) is 0 Å². The van der Waals surface area contributed by atoms with Crippen molar-refractivity contribution in [3.63, 3.8) is 0 Å². The number of primary sulfonamides is 1. The van der Waals surface area contributed by atoms with Gasteiger partial charge in [-0.15, -0.1) is 0 Å². The predicted molar refractivity (Wildman–Crippen MR) is 73.9 cm³/mol. The second-order valence-electron chi connectivity index (χ2n) is 4.33. The van der Waals surface area contributed by atoms with Crippen LogP contribution in [0.4, 0.5) is 5.69 Å². The Morgan fingerprint density at radius 2 is 2.00 bits per heavy atom. The standard InChI is InChI=1S/C12H16N4O2S/c1-9-12(16-8-15-9)6-14-11-4-2-10(3-5-11)7-19(13,17)18/h2-5,8,14H,6-7H2,1H3,(H,15,16)(H2,13,17,18). The van der Waals surface area contributed by atoms with Gasteiger partial charge in [-0.05, 0) is 24.6 Å². The highest BCUT2D eigenvalue weighted by atomic mass is 32.2. The maximum Gasteiger partial charge on any atom is 0.213 e. The summed E-state index contributed by atoms with van der Waals surface area (Å²) in [6.07, 6.45) is 1.65. The Labute approximate surface area is 112 Å². The van der Waals surface area contributed by atoms with Crippen molar-refractivity contribution in [2.24, 2.45) is 5.14 Å². The van der Waals surface area contributed by atoms with E-state index in [1.807, 2.05) is 19.1 Å². The van der Waals surface area contributed by atoms with Gasteiger partial charge in [0, 0.05) is 11.4 Å². The minimum Gasteiger partial charge on any atom is -0.379 e. The molecule has 1 aromatic carbocycles. The quantitative estimate of drug-likeness (QED) is 0.764. The molecule has 1 aromatic heterocycles. The second-order valence-corrected chi connectivity index (χ2v) is 5.95. The third-order valence-electron chi connectivity index (χ3n) is 2.72. The Hall–Kier alpha value is -1.86. The number of H-pyrrole nitrogens is 1. The fourth-order valence-corrected chi connectivity index (χ4v) is 2.36. The zero-order chi connectivity index (χ0) is 13.9. The highest BCUT2D eigenvalue weighted by molar-refractivity contribution is 7.88. The van der Waals surface area contributed by atoms with Crippen LogP contribution in [0.5, 0.6) is 0 Å². The molecule has 0 radical (unpaired) electrons. The van der Waals surface area contributed by atoms with E-state index in [1.54, 1.807) is 18.5 Å². The highest BCUT2D eigenvalue weighted by Crippen LogP contribution is 2.12. The van der Waals surface area contributed by atoms with Gasteiger partial charge in [0.1, 0.15) is 0 Å². The van der Waals surface area contributed by atoms with Crippen LogP contribution in [0.3, 0.4) is 0 Å². The lowest BCUT2D eigenvalue weighted by atomic mass is 10.2. The van der Waals surface area contributed by atoms with Gasteiger partial charge < -0.3 is 10.3 Å². The zero-order valence-electron chi connectivity index (χ0n) is 10.6. The molecule has 0 aliphatic rings. The van der Waals surface area contributed by atoms with Gasteiger partial charge >= 0.3 is 0 Å². The van der Waals surface area contributed by atoms with E-state index < -0.39 is 10.0 Å². The predicted octanol–water partition coefficient (Wildman–Crippen LogP) is 1.12. The first kappa shape index (κ1) is 13.6. The Morgan fingerprint density at radius 1 is 1.32 bits per heavy atom. The average molecular weight is 280 g/mol. The Kier molecular flexibility index (Phi) is 3.87. The summed E-state index contributed by atoms with van der Waals surface area (Å²) in [6, 6.07) is 7.12. The molecule has 0 bridgehead atoms. The van der Waals surface area contributed by atoms with Crippen LogP contribution in [0.2, 0.25) is 0 Å². The maximum atomic E-state index is 11.0. The van der Waals surface area contributed by atoms with E-state index in [0.717, 1.165) is 17.1 Å². The van der Waals surface area contributed by atoms with Crippen molar-refractivity contribution in [1.82, 2.24) is 9.97 Å². The molecule has 102 valence electrons. The number of nitrogens with zero attached hydrogens (tertiary/aromatic N) is 1. The Morgan fingerprint density at radius 3 is 2.53 bits per heavy atom. The summed E-state index contributed by atoms with van der Waals surface area (Å²) in [5.41, 5.74) is 3.55. The third-order valence-corrected chi connectivity index (χ3v) is 3.45. The number of nitrogens with one attached hydrogen (secondary N) is 2. The van der Waals surface area contributed by atoms with E-state index in [4.69, 9.17) is 5.14 Å². The number of aromatic amines is 1. The molecule has 0 amide bonds. The zero-order valence-corrected chi connectivity index (χ0v) is 11.4. The molecule has 0 saturated carbocycles. The monoisotopic (exact) mass is 280 g/mol. The average Bonchev–Trinajstić information content (AvgIpc) is 2.72. The van der Waals surface area contributed by atoms with Crippen molar-refractivity contribution in [3.05, 3.63) is 47.5 Å². The summed E-state index contributed by atoms with van der Waals surface area (Å²) in [6.45, 7) is 2.57. The van der Waals surface area contributed by atoms with Crippen LogP contribution < -0.4 is 10.5 Å². The topological polar surface area (TPSA) is 101 Å². The van der Waals surface area contributed by atoms with Crippen LogP contribution in [0.1, 0.15) is 17.0 Å². The molecular formula is C12H16N4O2S. The smallest absolute Gasteiger partial charge is 0.213 e. The molecular weight excluding hydrogens is 264 g/mol. The fourth-order valence-electron chi connectivity index (χ4n) is 1.70. The number of aromatic nitrogens is 2.